The summed E-state index contributed by atoms with van der Waals surface area (Å²) in [4.78, 5) is 20.7. The van der Waals surface area contributed by atoms with E-state index in [1.54, 1.807) is 19.2 Å². The van der Waals surface area contributed by atoms with E-state index in [-0.39, 0.29) is 29.9 Å². The van der Waals surface area contributed by atoms with Crippen molar-refractivity contribution in [2.75, 3.05) is 39.8 Å². The predicted octanol–water partition coefficient (Wildman–Crippen LogP) is 2.13. The Kier molecular flexibility index (Phi) is 8.34. The van der Waals surface area contributed by atoms with Gasteiger partial charge in [0.25, 0.3) is 5.91 Å². The van der Waals surface area contributed by atoms with Crippen LogP contribution in [0.1, 0.15) is 28.4 Å². The fourth-order valence-corrected chi connectivity index (χ4v) is 3.34. The maximum absolute atomic E-state index is 12.3. The molecule has 0 unspecified atom stereocenters. The van der Waals surface area contributed by atoms with Gasteiger partial charge in [0.05, 0.1) is 12.0 Å². The van der Waals surface area contributed by atoms with E-state index in [1.165, 1.54) is 12.0 Å². The lowest BCUT2D eigenvalue weighted by atomic mass is 10.3. The van der Waals surface area contributed by atoms with Crippen molar-refractivity contribution < 1.29 is 9.21 Å². The van der Waals surface area contributed by atoms with Gasteiger partial charge in [0.1, 0.15) is 0 Å². The first kappa shape index (κ1) is 22.3. The van der Waals surface area contributed by atoms with E-state index in [9.17, 15) is 4.79 Å². The van der Waals surface area contributed by atoms with Crippen LogP contribution < -0.4 is 5.32 Å². The number of piperazine rings is 1. The number of hydrogen-bond acceptors (Lipinski definition) is 4. The molecule has 1 aliphatic heterocycles. The summed E-state index contributed by atoms with van der Waals surface area (Å²) in [7, 11) is 1.80. The Labute approximate surface area is 183 Å². The second-order valence-electron chi connectivity index (χ2n) is 6.73. The number of carbonyl (C=O) groups excluding carboxylic acids is 1. The summed E-state index contributed by atoms with van der Waals surface area (Å²) in [6, 6.07) is 5.54. The van der Waals surface area contributed by atoms with E-state index in [4.69, 9.17) is 4.42 Å². The summed E-state index contributed by atoms with van der Waals surface area (Å²) in [5, 5.41) is 7.91. The van der Waals surface area contributed by atoms with Gasteiger partial charge in [-0.1, -0.05) is 0 Å². The van der Waals surface area contributed by atoms with Crippen molar-refractivity contribution in [1.29, 1.82) is 0 Å². The molecule has 9 heteroatoms. The molecule has 0 saturated carbocycles. The molecule has 28 heavy (non-hydrogen) atoms. The quantitative estimate of drug-likeness (QED) is 0.295. The summed E-state index contributed by atoms with van der Waals surface area (Å²) in [5.74, 6) is 1.23. The van der Waals surface area contributed by atoms with E-state index >= 15 is 0 Å². The number of aromatic nitrogens is 2. The molecule has 1 fully saturated rings. The Bertz CT molecular complexity index is 778. The average molecular weight is 500 g/mol. The minimum atomic E-state index is -0.0486. The number of guanidine groups is 1. The topological polar surface area (TPSA) is 78.9 Å². The number of aliphatic imine (C=N–C) groups is 1. The molecule has 1 aliphatic rings. The lowest BCUT2D eigenvalue weighted by molar-refractivity contribution is 0.0657. The largest absolute Gasteiger partial charge is 0.459 e. The first-order chi connectivity index (χ1) is 13.1. The van der Waals surface area contributed by atoms with Crippen LogP contribution in [0.2, 0.25) is 0 Å². The number of nitrogens with one attached hydrogen (secondary N) is 1. The third-order valence-electron chi connectivity index (χ3n) is 4.74. The van der Waals surface area contributed by atoms with E-state index in [1.807, 2.05) is 16.5 Å². The van der Waals surface area contributed by atoms with E-state index in [2.05, 4.69) is 33.3 Å². The van der Waals surface area contributed by atoms with Crippen molar-refractivity contribution in [2.24, 2.45) is 4.99 Å². The molecule has 0 radical (unpaired) electrons. The normalized spacial score (nSPS) is 14.8. The molecule has 154 valence electrons. The number of aryl methyl sites for hydroxylation is 3. The van der Waals surface area contributed by atoms with Gasteiger partial charge in [-0.3, -0.25) is 14.5 Å². The molecule has 3 rings (SSSR count). The zero-order valence-corrected chi connectivity index (χ0v) is 19.1. The van der Waals surface area contributed by atoms with Crippen molar-refractivity contribution in [1.82, 2.24) is 24.9 Å². The van der Waals surface area contributed by atoms with E-state index in [0.717, 1.165) is 44.3 Å². The van der Waals surface area contributed by atoms with Crippen molar-refractivity contribution >= 4 is 35.8 Å². The van der Waals surface area contributed by atoms with Crippen LogP contribution in [0.25, 0.3) is 0 Å². The van der Waals surface area contributed by atoms with Gasteiger partial charge in [-0.2, -0.15) is 5.10 Å². The van der Waals surface area contributed by atoms with Crippen molar-refractivity contribution in [3.05, 3.63) is 41.6 Å². The van der Waals surface area contributed by atoms with Gasteiger partial charge in [-0.05, 0) is 38.5 Å². The highest BCUT2D eigenvalue weighted by Crippen LogP contribution is 2.09. The average Bonchev–Trinajstić information content (AvgIpc) is 3.31. The van der Waals surface area contributed by atoms with E-state index < -0.39 is 0 Å². The van der Waals surface area contributed by atoms with Crippen LogP contribution in [0, 0.1) is 13.8 Å². The number of halogens is 1. The fourth-order valence-electron chi connectivity index (χ4n) is 3.34. The maximum Gasteiger partial charge on any atom is 0.289 e. The molecule has 2 aromatic heterocycles. The molecule has 0 atom stereocenters. The van der Waals surface area contributed by atoms with Crippen LogP contribution in [0.4, 0.5) is 0 Å². The molecule has 1 N–H and O–H groups in total. The second kappa shape index (κ2) is 10.5. The maximum atomic E-state index is 12.3. The third kappa shape index (κ3) is 5.49. The van der Waals surface area contributed by atoms with Gasteiger partial charge in [-0.15, -0.1) is 24.0 Å². The monoisotopic (exact) mass is 500 g/mol. The molecule has 8 nitrogen and oxygen atoms in total. The first-order valence-electron chi connectivity index (χ1n) is 9.38. The van der Waals surface area contributed by atoms with Crippen LogP contribution in [0.15, 0.2) is 33.9 Å². The highest BCUT2D eigenvalue weighted by molar-refractivity contribution is 14.0. The Hall–Kier alpha value is -2.04. The minimum absolute atomic E-state index is 0. The highest BCUT2D eigenvalue weighted by atomic mass is 127. The molecule has 0 spiro atoms. The number of furan rings is 1. The van der Waals surface area contributed by atoms with Gasteiger partial charge in [0.15, 0.2) is 11.7 Å². The van der Waals surface area contributed by atoms with Crippen LogP contribution in [-0.4, -0.2) is 71.2 Å². The summed E-state index contributed by atoms with van der Waals surface area (Å²) in [5.41, 5.74) is 2.24. The second-order valence-corrected chi connectivity index (χ2v) is 6.73. The smallest absolute Gasteiger partial charge is 0.289 e. The number of hydrogen-bond donors (Lipinski definition) is 1. The molecule has 0 aliphatic carbocycles. The van der Waals surface area contributed by atoms with Crippen LogP contribution in [0.3, 0.4) is 0 Å². The van der Waals surface area contributed by atoms with Crippen molar-refractivity contribution in [2.45, 2.75) is 26.8 Å². The SMILES string of the molecule is CN=C(NCCCn1nc(C)cc1C)N1CCN(C(=O)c2ccco2)CC1.I. The third-order valence-corrected chi connectivity index (χ3v) is 4.74. The van der Waals surface area contributed by atoms with Crippen molar-refractivity contribution in [3.63, 3.8) is 0 Å². The molecular formula is C19H29IN6O2. The van der Waals surface area contributed by atoms with Crippen molar-refractivity contribution in [3.8, 4) is 0 Å². The lowest BCUT2D eigenvalue weighted by Crippen LogP contribution is -2.53. The Balaban J connectivity index is 0.00000280. The number of amides is 1. The molecule has 2 aromatic rings. The highest BCUT2D eigenvalue weighted by Gasteiger charge is 2.24. The molecule has 1 amide bonds. The van der Waals surface area contributed by atoms with Crippen LogP contribution in [0.5, 0.6) is 0 Å². The molecule has 3 heterocycles. The van der Waals surface area contributed by atoms with Crippen LogP contribution in [-0.2, 0) is 6.54 Å². The van der Waals surface area contributed by atoms with Gasteiger partial charge >= 0.3 is 0 Å². The van der Waals surface area contributed by atoms with Gasteiger partial charge < -0.3 is 19.5 Å². The first-order valence-corrected chi connectivity index (χ1v) is 9.38. The summed E-state index contributed by atoms with van der Waals surface area (Å²) in [6.07, 6.45) is 2.50. The van der Waals surface area contributed by atoms with E-state index in [0.29, 0.717) is 18.8 Å². The van der Waals surface area contributed by atoms with Gasteiger partial charge in [-0.25, -0.2) is 0 Å². The lowest BCUT2D eigenvalue weighted by Gasteiger charge is -2.36. The van der Waals surface area contributed by atoms with Gasteiger partial charge in [0.2, 0.25) is 0 Å². The zero-order valence-electron chi connectivity index (χ0n) is 16.7. The van der Waals surface area contributed by atoms with Crippen LogP contribution >= 0.6 is 24.0 Å². The Morgan fingerprint density at radius 2 is 1.96 bits per heavy atom. The molecule has 0 aromatic carbocycles. The zero-order chi connectivity index (χ0) is 19.2. The standard InChI is InChI=1S/C19H28N6O2.HI/c1-15-14-16(2)25(22-15)8-5-7-21-19(20-3)24-11-9-23(10-12-24)18(26)17-6-4-13-27-17;/h4,6,13-14H,5,7-12H2,1-3H3,(H,20,21);1H. The minimum Gasteiger partial charge on any atom is -0.459 e. The number of rotatable bonds is 5. The summed E-state index contributed by atoms with van der Waals surface area (Å²) < 4.78 is 7.25. The fraction of sp³-hybridized carbons (Fsp3) is 0.526. The summed E-state index contributed by atoms with van der Waals surface area (Å²) >= 11 is 0. The number of carbonyl (C=O) groups is 1. The summed E-state index contributed by atoms with van der Waals surface area (Å²) in [6.45, 7) is 8.63. The molecular weight excluding hydrogens is 471 g/mol. The van der Waals surface area contributed by atoms with Gasteiger partial charge in [0, 0.05) is 52.0 Å². The molecule has 1 saturated heterocycles. The number of nitrogens with zero attached hydrogens (tertiary/aromatic N) is 5. The predicted molar refractivity (Wildman–Crippen MR) is 119 cm³/mol. The Morgan fingerprint density at radius 3 is 2.54 bits per heavy atom. The Morgan fingerprint density at radius 1 is 1.25 bits per heavy atom. The molecule has 0 bridgehead atoms.